The van der Waals surface area contributed by atoms with Crippen LogP contribution in [0.2, 0.25) is 0 Å². The summed E-state index contributed by atoms with van der Waals surface area (Å²) in [6.45, 7) is 4.89. The fraction of sp³-hybridized carbons (Fsp3) is 0.871. The number of ether oxygens (including phenoxy) is 1. The van der Waals surface area contributed by atoms with E-state index in [4.69, 9.17) is 4.74 Å². The summed E-state index contributed by atoms with van der Waals surface area (Å²) in [5.41, 5.74) is 0. The summed E-state index contributed by atoms with van der Waals surface area (Å²) in [6, 6.07) is -0.635. The van der Waals surface area contributed by atoms with Gasteiger partial charge in [-0.2, -0.15) is 0 Å². The molecule has 0 spiro atoms. The van der Waals surface area contributed by atoms with Crippen LogP contribution in [0.1, 0.15) is 322 Å². The first kappa shape index (κ1) is 66.1. The van der Waals surface area contributed by atoms with E-state index in [2.05, 4.69) is 43.5 Å². The lowest BCUT2D eigenvalue weighted by Gasteiger charge is -2.20. The number of amides is 1. The Bertz CT molecular complexity index is 1100. The molecule has 0 heterocycles. The third kappa shape index (κ3) is 53.4. The van der Waals surface area contributed by atoms with Gasteiger partial charge in [0.25, 0.3) is 0 Å². The fourth-order valence-corrected chi connectivity index (χ4v) is 9.21. The summed E-state index contributed by atoms with van der Waals surface area (Å²) in [5, 5.41) is 23.1. The molecule has 0 saturated carbocycles. The van der Waals surface area contributed by atoms with Gasteiger partial charge in [-0.1, -0.05) is 262 Å². The molecule has 0 fully saturated rings. The van der Waals surface area contributed by atoms with Crippen molar-refractivity contribution >= 4 is 11.9 Å². The number of aliphatic hydroxyl groups is 2. The highest BCUT2D eigenvalue weighted by Crippen LogP contribution is 2.16. The molecule has 0 aliphatic heterocycles. The maximum atomic E-state index is 12.5. The van der Waals surface area contributed by atoms with Crippen LogP contribution in [0.25, 0.3) is 0 Å². The second-order valence-corrected chi connectivity index (χ2v) is 20.7. The van der Waals surface area contributed by atoms with Crippen LogP contribution in [0.3, 0.4) is 0 Å². The first-order valence-corrected chi connectivity index (χ1v) is 30.3. The molecule has 3 N–H and O–H groups in total. The molecule has 0 saturated heterocycles. The second-order valence-electron chi connectivity index (χ2n) is 20.7. The van der Waals surface area contributed by atoms with Crippen LogP contribution >= 0.6 is 0 Å². The van der Waals surface area contributed by atoms with Crippen molar-refractivity contribution in [3.63, 3.8) is 0 Å². The average Bonchev–Trinajstić information content (AvgIpc) is 3.34. The predicted octanol–water partition coefficient (Wildman–Crippen LogP) is 18.8. The predicted molar refractivity (Wildman–Crippen MR) is 296 cm³/mol. The van der Waals surface area contributed by atoms with Gasteiger partial charge in [-0.15, -0.1) is 0 Å². The van der Waals surface area contributed by atoms with E-state index in [0.29, 0.717) is 19.4 Å². The van der Waals surface area contributed by atoms with Crippen molar-refractivity contribution in [1.29, 1.82) is 0 Å². The Morgan fingerprint density at radius 1 is 0.397 bits per heavy atom. The van der Waals surface area contributed by atoms with Crippen LogP contribution in [-0.4, -0.2) is 47.4 Å². The highest BCUT2D eigenvalue weighted by atomic mass is 16.5. The standard InChI is InChI=1S/C62H117NO5/c1-3-5-7-9-11-13-15-17-19-23-28-32-36-40-44-48-52-56-62(67)68-57-53-49-45-41-37-33-29-25-22-20-21-24-27-31-35-39-43-47-51-55-61(66)63-59(58-64)60(65)54-50-46-42-38-34-30-26-18-16-14-12-10-8-6-4-2/h17,19-21,50,54,59-60,64-65H,3-16,18,22-49,51-53,55-58H2,1-2H3,(H,63,66)/b19-17-,21-20-,54-50+. The maximum absolute atomic E-state index is 12.5. The number of nitrogens with one attached hydrogen (secondary N) is 1. The third-order valence-corrected chi connectivity index (χ3v) is 13.9. The molecule has 6 heteroatoms. The van der Waals surface area contributed by atoms with Crippen LogP contribution in [0, 0.1) is 0 Å². The Balaban J connectivity index is 3.45. The Morgan fingerprint density at radius 3 is 1.04 bits per heavy atom. The first-order chi connectivity index (χ1) is 33.5. The molecule has 1 amide bonds. The second kappa shape index (κ2) is 57.7. The van der Waals surface area contributed by atoms with Crippen molar-refractivity contribution in [2.75, 3.05) is 13.2 Å². The van der Waals surface area contributed by atoms with Crippen LogP contribution in [0.15, 0.2) is 36.5 Å². The average molecular weight is 957 g/mol. The monoisotopic (exact) mass is 956 g/mol. The molecule has 2 unspecified atom stereocenters. The highest BCUT2D eigenvalue weighted by molar-refractivity contribution is 5.76. The van der Waals surface area contributed by atoms with Crippen molar-refractivity contribution in [1.82, 2.24) is 5.32 Å². The van der Waals surface area contributed by atoms with Crippen LogP contribution < -0.4 is 5.32 Å². The molecular formula is C62H117NO5. The molecule has 2 atom stereocenters. The summed E-state index contributed by atoms with van der Waals surface area (Å²) in [6.07, 6.45) is 71.7. The van der Waals surface area contributed by atoms with E-state index in [1.165, 1.54) is 244 Å². The minimum atomic E-state index is -0.851. The molecular weight excluding hydrogens is 839 g/mol. The minimum Gasteiger partial charge on any atom is -0.466 e. The van der Waals surface area contributed by atoms with Gasteiger partial charge in [-0.25, -0.2) is 0 Å². The molecule has 0 aliphatic rings. The third-order valence-electron chi connectivity index (χ3n) is 13.9. The Hall–Kier alpha value is -1.92. The van der Waals surface area contributed by atoms with E-state index >= 15 is 0 Å². The smallest absolute Gasteiger partial charge is 0.305 e. The van der Waals surface area contributed by atoms with Gasteiger partial charge in [-0.3, -0.25) is 9.59 Å². The van der Waals surface area contributed by atoms with E-state index in [9.17, 15) is 19.8 Å². The first-order valence-electron chi connectivity index (χ1n) is 30.3. The number of esters is 1. The van der Waals surface area contributed by atoms with Crippen molar-refractivity contribution in [3.8, 4) is 0 Å². The lowest BCUT2D eigenvalue weighted by atomic mass is 10.0. The van der Waals surface area contributed by atoms with Gasteiger partial charge >= 0.3 is 5.97 Å². The number of hydrogen-bond donors (Lipinski definition) is 3. The lowest BCUT2D eigenvalue weighted by Crippen LogP contribution is -2.45. The van der Waals surface area contributed by atoms with Crippen LogP contribution in [0.5, 0.6) is 0 Å². The largest absolute Gasteiger partial charge is 0.466 e. The summed E-state index contributed by atoms with van der Waals surface area (Å²) < 4.78 is 5.48. The number of allylic oxidation sites excluding steroid dienone is 5. The van der Waals surface area contributed by atoms with Gasteiger partial charge in [0, 0.05) is 12.8 Å². The molecule has 6 nitrogen and oxygen atoms in total. The zero-order valence-corrected chi connectivity index (χ0v) is 45.6. The summed E-state index contributed by atoms with van der Waals surface area (Å²) >= 11 is 0. The summed E-state index contributed by atoms with van der Waals surface area (Å²) in [7, 11) is 0. The van der Waals surface area contributed by atoms with Crippen molar-refractivity contribution in [2.24, 2.45) is 0 Å². The fourth-order valence-electron chi connectivity index (χ4n) is 9.21. The van der Waals surface area contributed by atoms with E-state index in [-0.39, 0.29) is 18.5 Å². The van der Waals surface area contributed by atoms with E-state index in [1.807, 2.05) is 6.08 Å². The number of aliphatic hydroxyl groups excluding tert-OH is 2. The van der Waals surface area contributed by atoms with E-state index < -0.39 is 12.1 Å². The Labute approximate surface area is 424 Å². The van der Waals surface area contributed by atoms with Crippen molar-refractivity contribution in [3.05, 3.63) is 36.5 Å². The normalized spacial score (nSPS) is 12.8. The number of hydrogen-bond acceptors (Lipinski definition) is 5. The number of unbranched alkanes of at least 4 members (excludes halogenated alkanes) is 41. The zero-order valence-electron chi connectivity index (χ0n) is 45.6. The van der Waals surface area contributed by atoms with Gasteiger partial charge < -0.3 is 20.3 Å². The molecule has 0 rings (SSSR count). The highest BCUT2D eigenvalue weighted by Gasteiger charge is 2.18. The lowest BCUT2D eigenvalue weighted by molar-refractivity contribution is -0.143. The van der Waals surface area contributed by atoms with E-state index in [1.54, 1.807) is 6.08 Å². The van der Waals surface area contributed by atoms with Gasteiger partial charge in [0.2, 0.25) is 5.91 Å². The summed E-state index contributed by atoms with van der Waals surface area (Å²) in [4.78, 5) is 24.5. The SMILES string of the molecule is CCCCCCCC/C=C\CCCCCCCCCC(=O)OCCCCCCCCCC/C=C\CCCCCCCCCC(=O)NC(CO)C(O)/C=C/CCCCCCCCCCCCCCC. The maximum Gasteiger partial charge on any atom is 0.305 e. The van der Waals surface area contributed by atoms with Gasteiger partial charge in [0.05, 0.1) is 25.4 Å². The van der Waals surface area contributed by atoms with Crippen LogP contribution in [-0.2, 0) is 14.3 Å². The minimum absolute atomic E-state index is 0.000190. The number of carbonyl (C=O) groups is 2. The molecule has 400 valence electrons. The Kier molecular flexibility index (Phi) is 56.0. The van der Waals surface area contributed by atoms with Crippen LogP contribution in [0.4, 0.5) is 0 Å². The van der Waals surface area contributed by atoms with Gasteiger partial charge in [-0.05, 0) is 83.5 Å². The Morgan fingerprint density at radius 2 is 0.691 bits per heavy atom. The molecule has 68 heavy (non-hydrogen) atoms. The van der Waals surface area contributed by atoms with Gasteiger partial charge in [0.1, 0.15) is 0 Å². The molecule has 0 aromatic rings. The molecule has 0 bridgehead atoms. The zero-order chi connectivity index (χ0) is 49.3. The van der Waals surface area contributed by atoms with Gasteiger partial charge in [0.15, 0.2) is 0 Å². The number of rotatable bonds is 56. The molecule has 0 aromatic heterocycles. The van der Waals surface area contributed by atoms with Crippen molar-refractivity contribution in [2.45, 2.75) is 334 Å². The topological polar surface area (TPSA) is 95.9 Å². The molecule has 0 radical (unpaired) electrons. The molecule has 0 aromatic carbocycles. The van der Waals surface area contributed by atoms with Crippen molar-refractivity contribution < 1.29 is 24.5 Å². The molecule has 0 aliphatic carbocycles. The number of carbonyl (C=O) groups excluding carboxylic acids is 2. The quantitative estimate of drug-likeness (QED) is 0.0321. The van der Waals surface area contributed by atoms with E-state index in [0.717, 1.165) is 51.4 Å². The summed E-state index contributed by atoms with van der Waals surface area (Å²) in [5.74, 6) is -0.0771.